The van der Waals surface area contributed by atoms with Gasteiger partial charge in [-0.25, -0.2) is 0 Å². The van der Waals surface area contributed by atoms with Gasteiger partial charge in [-0.2, -0.15) is 0 Å². The van der Waals surface area contributed by atoms with Crippen LogP contribution >= 0.6 is 0 Å². The van der Waals surface area contributed by atoms with Crippen LogP contribution in [0.1, 0.15) is 31.7 Å². The Morgan fingerprint density at radius 2 is 2.00 bits per heavy atom. The van der Waals surface area contributed by atoms with Crippen molar-refractivity contribution in [3.63, 3.8) is 0 Å². The van der Waals surface area contributed by atoms with Gasteiger partial charge < -0.3 is 15.5 Å². The summed E-state index contributed by atoms with van der Waals surface area (Å²) in [5.74, 6) is 0.108. The zero-order valence-corrected chi connectivity index (χ0v) is 12.5. The maximum absolute atomic E-state index is 12.0. The first-order chi connectivity index (χ1) is 9.58. The predicted octanol–water partition coefficient (Wildman–Crippen LogP) is 1.98. The van der Waals surface area contributed by atoms with Gasteiger partial charge in [-0.15, -0.1) is 0 Å². The Bertz CT molecular complexity index is 453. The maximum atomic E-state index is 12.0. The van der Waals surface area contributed by atoms with Crippen LogP contribution in [-0.2, 0) is 11.3 Å². The largest absolute Gasteiger partial charge is 0.371 e. The smallest absolute Gasteiger partial charge is 0.224 e. The third-order valence-corrected chi connectivity index (χ3v) is 3.77. The van der Waals surface area contributed by atoms with Crippen molar-refractivity contribution >= 4 is 11.6 Å². The van der Waals surface area contributed by atoms with E-state index in [9.17, 15) is 4.79 Å². The molecule has 1 heterocycles. The lowest BCUT2D eigenvalue weighted by Gasteiger charge is -2.25. The number of anilines is 1. The quantitative estimate of drug-likeness (QED) is 0.894. The maximum Gasteiger partial charge on any atom is 0.224 e. The van der Waals surface area contributed by atoms with Crippen LogP contribution in [0, 0.1) is 0 Å². The van der Waals surface area contributed by atoms with Crippen molar-refractivity contribution in [2.75, 3.05) is 25.0 Å². The average molecular weight is 275 g/mol. The van der Waals surface area contributed by atoms with Crippen LogP contribution in [0.2, 0.25) is 0 Å². The van der Waals surface area contributed by atoms with Gasteiger partial charge in [-0.05, 0) is 31.4 Å². The number of para-hydroxylation sites is 1. The van der Waals surface area contributed by atoms with E-state index in [1.54, 1.807) is 4.90 Å². The highest BCUT2D eigenvalue weighted by Gasteiger charge is 2.17. The van der Waals surface area contributed by atoms with E-state index in [1.807, 2.05) is 20.0 Å². The number of hydrogen-bond donors (Lipinski definition) is 1. The molecule has 4 heteroatoms. The van der Waals surface area contributed by atoms with Crippen LogP contribution in [0.25, 0.3) is 0 Å². The van der Waals surface area contributed by atoms with E-state index in [2.05, 4.69) is 23.1 Å². The average Bonchev–Trinajstić information content (AvgIpc) is 2.92. The Morgan fingerprint density at radius 3 is 2.65 bits per heavy atom. The Hall–Kier alpha value is -1.55. The summed E-state index contributed by atoms with van der Waals surface area (Å²) in [5.41, 5.74) is 8.18. The highest BCUT2D eigenvalue weighted by molar-refractivity contribution is 5.76. The van der Waals surface area contributed by atoms with Crippen LogP contribution in [0.4, 0.5) is 5.69 Å². The second kappa shape index (κ2) is 6.75. The number of carbonyl (C=O) groups excluding carboxylic acids is 1. The molecule has 1 fully saturated rings. The van der Waals surface area contributed by atoms with Crippen LogP contribution in [0.15, 0.2) is 24.3 Å². The minimum absolute atomic E-state index is 0.0845. The number of nitrogens with zero attached hydrogens (tertiary/aromatic N) is 2. The number of hydrogen-bond acceptors (Lipinski definition) is 3. The van der Waals surface area contributed by atoms with Gasteiger partial charge in [0.2, 0.25) is 5.91 Å². The standard InChI is InChI=1S/C16H25N3O/c1-13(17)11-16(20)18(2)12-14-7-3-4-8-15(14)19-9-5-6-10-19/h3-4,7-8,13H,5-6,9-12,17H2,1-2H3. The van der Waals surface area contributed by atoms with E-state index in [0.29, 0.717) is 13.0 Å². The number of nitrogens with two attached hydrogens (primary N) is 1. The minimum atomic E-state index is -0.0845. The summed E-state index contributed by atoms with van der Waals surface area (Å²) < 4.78 is 0. The molecule has 1 saturated heterocycles. The van der Waals surface area contributed by atoms with Crippen molar-refractivity contribution in [3.05, 3.63) is 29.8 Å². The Kier molecular flexibility index (Phi) is 5.01. The monoisotopic (exact) mass is 275 g/mol. The molecule has 1 atom stereocenters. The molecule has 0 saturated carbocycles. The molecule has 1 unspecified atom stereocenters. The number of amides is 1. The van der Waals surface area contributed by atoms with E-state index in [1.165, 1.54) is 24.1 Å². The number of carbonyl (C=O) groups is 1. The van der Waals surface area contributed by atoms with Crippen molar-refractivity contribution in [3.8, 4) is 0 Å². The molecule has 0 bridgehead atoms. The lowest BCUT2D eigenvalue weighted by molar-refractivity contribution is -0.130. The van der Waals surface area contributed by atoms with Crippen molar-refractivity contribution in [2.24, 2.45) is 5.73 Å². The van der Waals surface area contributed by atoms with Crippen molar-refractivity contribution in [1.82, 2.24) is 4.90 Å². The molecule has 1 aliphatic heterocycles. The van der Waals surface area contributed by atoms with Crippen LogP contribution in [0.5, 0.6) is 0 Å². The van der Waals surface area contributed by atoms with Gasteiger partial charge in [-0.3, -0.25) is 4.79 Å². The minimum Gasteiger partial charge on any atom is -0.371 e. The second-order valence-corrected chi connectivity index (χ2v) is 5.75. The van der Waals surface area contributed by atoms with Crippen LogP contribution in [-0.4, -0.2) is 37.0 Å². The predicted molar refractivity (Wildman–Crippen MR) is 82.6 cm³/mol. The van der Waals surface area contributed by atoms with Gasteiger partial charge in [0.25, 0.3) is 0 Å². The molecule has 1 aliphatic rings. The fourth-order valence-corrected chi connectivity index (χ4v) is 2.69. The number of benzene rings is 1. The number of rotatable bonds is 5. The van der Waals surface area contributed by atoms with Crippen LogP contribution < -0.4 is 10.6 Å². The lowest BCUT2D eigenvalue weighted by atomic mass is 10.1. The SMILES string of the molecule is CC(N)CC(=O)N(C)Cc1ccccc1N1CCCC1. The molecule has 0 radical (unpaired) electrons. The molecule has 1 aromatic carbocycles. The molecule has 1 amide bonds. The molecule has 2 N–H and O–H groups in total. The highest BCUT2D eigenvalue weighted by atomic mass is 16.2. The summed E-state index contributed by atoms with van der Waals surface area (Å²) in [7, 11) is 1.85. The molecule has 4 nitrogen and oxygen atoms in total. The molecular formula is C16H25N3O. The molecule has 0 aromatic heterocycles. The molecule has 2 rings (SSSR count). The summed E-state index contributed by atoms with van der Waals surface area (Å²) in [6.45, 7) is 4.76. The Labute approximate surface area is 121 Å². The molecule has 0 aliphatic carbocycles. The fourth-order valence-electron chi connectivity index (χ4n) is 2.69. The summed E-state index contributed by atoms with van der Waals surface area (Å²) >= 11 is 0. The summed E-state index contributed by atoms with van der Waals surface area (Å²) in [4.78, 5) is 16.2. The van der Waals surface area contributed by atoms with Crippen molar-refractivity contribution in [1.29, 1.82) is 0 Å². The first kappa shape index (κ1) is 14.9. The van der Waals surface area contributed by atoms with Gasteiger partial charge in [-0.1, -0.05) is 18.2 Å². The molecule has 0 spiro atoms. The first-order valence-corrected chi connectivity index (χ1v) is 7.40. The topological polar surface area (TPSA) is 49.6 Å². The Balaban J connectivity index is 2.07. The zero-order chi connectivity index (χ0) is 14.5. The first-order valence-electron chi connectivity index (χ1n) is 7.40. The third-order valence-electron chi connectivity index (χ3n) is 3.77. The summed E-state index contributed by atoms with van der Waals surface area (Å²) in [5, 5.41) is 0. The van der Waals surface area contributed by atoms with E-state index >= 15 is 0 Å². The van der Waals surface area contributed by atoms with E-state index < -0.39 is 0 Å². The summed E-state index contributed by atoms with van der Waals surface area (Å²) in [6, 6.07) is 8.30. The van der Waals surface area contributed by atoms with Gasteiger partial charge in [0.1, 0.15) is 0 Å². The molecule has 110 valence electrons. The van der Waals surface area contributed by atoms with Gasteiger partial charge >= 0.3 is 0 Å². The second-order valence-electron chi connectivity index (χ2n) is 5.75. The normalized spacial score (nSPS) is 16.2. The van der Waals surface area contributed by atoms with Crippen LogP contribution in [0.3, 0.4) is 0 Å². The van der Waals surface area contributed by atoms with Crippen molar-refractivity contribution in [2.45, 2.75) is 38.8 Å². The summed E-state index contributed by atoms with van der Waals surface area (Å²) in [6.07, 6.45) is 2.92. The molecule has 1 aromatic rings. The third kappa shape index (κ3) is 3.73. The Morgan fingerprint density at radius 1 is 1.35 bits per heavy atom. The van der Waals surface area contributed by atoms with Gasteiger partial charge in [0, 0.05) is 44.8 Å². The van der Waals surface area contributed by atoms with Gasteiger partial charge in [0.15, 0.2) is 0 Å². The van der Waals surface area contributed by atoms with Crippen molar-refractivity contribution < 1.29 is 4.79 Å². The fraction of sp³-hybridized carbons (Fsp3) is 0.562. The van der Waals surface area contributed by atoms with E-state index in [-0.39, 0.29) is 11.9 Å². The highest BCUT2D eigenvalue weighted by Crippen LogP contribution is 2.25. The molecule has 20 heavy (non-hydrogen) atoms. The zero-order valence-electron chi connectivity index (χ0n) is 12.5. The van der Waals surface area contributed by atoms with E-state index in [0.717, 1.165) is 13.1 Å². The van der Waals surface area contributed by atoms with Gasteiger partial charge in [0.05, 0.1) is 0 Å². The lowest BCUT2D eigenvalue weighted by Crippen LogP contribution is -2.32. The molecular weight excluding hydrogens is 250 g/mol. The van der Waals surface area contributed by atoms with E-state index in [4.69, 9.17) is 5.73 Å².